The van der Waals surface area contributed by atoms with Gasteiger partial charge in [0.05, 0.1) is 33.3 Å². The highest BCUT2D eigenvalue weighted by Gasteiger charge is 2.22. The van der Waals surface area contributed by atoms with Gasteiger partial charge in [-0.15, -0.1) is 0 Å². The SMILES string of the molecule is CC(C)(C)c1cc2c3cccc(c3)n(-c3cccc4ccccc34)c3ccc4ccc5ccc(nc5c4n3)c3cc(C(C)(C)C)cc4c(c1)c2[nH]c34. The van der Waals surface area contributed by atoms with Crippen molar-refractivity contribution < 1.29 is 0 Å². The number of hydrogen-bond donors (Lipinski definition) is 1. The third-order valence-electron chi connectivity index (χ3n) is 11.0. The van der Waals surface area contributed by atoms with E-state index in [1.54, 1.807) is 0 Å². The third kappa shape index (κ3) is 4.67. The van der Waals surface area contributed by atoms with E-state index < -0.39 is 0 Å². The van der Waals surface area contributed by atoms with Crippen molar-refractivity contribution in [2.24, 2.45) is 0 Å². The van der Waals surface area contributed by atoms with E-state index in [2.05, 4.69) is 178 Å². The van der Waals surface area contributed by atoms with Gasteiger partial charge in [0.2, 0.25) is 0 Å². The molecule has 0 saturated carbocycles. The molecule has 0 aliphatic heterocycles. The number of nitrogens with one attached hydrogen (secondary N) is 1. The molecule has 0 amide bonds. The first-order chi connectivity index (χ1) is 25.0. The highest BCUT2D eigenvalue weighted by Crippen LogP contribution is 2.40. The van der Waals surface area contributed by atoms with Gasteiger partial charge in [-0.05, 0) is 93.4 Å². The molecule has 252 valence electrons. The first-order valence-corrected chi connectivity index (χ1v) is 18.2. The zero-order valence-corrected chi connectivity index (χ0v) is 30.5. The molecule has 0 spiro atoms. The van der Waals surface area contributed by atoms with Crippen LogP contribution in [0.4, 0.5) is 0 Å². The van der Waals surface area contributed by atoms with Crippen molar-refractivity contribution in [3.8, 4) is 5.69 Å². The first kappa shape index (κ1) is 30.8. The summed E-state index contributed by atoms with van der Waals surface area (Å²) in [4.78, 5) is 15.0. The lowest BCUT2D eigenvalue weighted by Gasteiger charge is -2.21. The maximum atomic E-state index is 5.50. The van der Waals surface area contributed by atoms with E-state index in [1.165, 1.54) is 38.1 Å². The van der Waals surface area contributed by atoms with Gasteiger partial charge < -0.3 is 4.98 Å². The quantitative estimate of drug-likeness (QED) is 0.176. The number of nitrogens with zero attached hydrogens (tertiary/aromatic N) is 3. The van der Waals surface area contributed by atoms with E-state index in [9.17, 15) is 0 Å². The fraction of sp³-hybridized carbons (Fsp3) is 0.167. The van der Waals surface area contributed by atoms with Crippen molar-refractivity contribution in [3.05, 3.63) is 139 Å². The minimum Gasteiger partial charge on any atom is -0.353 e. The summed E-state index contributed by atoms with van der Waals surface area (Å²) in [6, 6.07) is 46.7. The molecule has 0 radical (unpaired) electrons. The van der Waals surface area contributed by atoms with E-state index in [1.807, 2.05) is 0 Å². The lowest BCUT2D eigenvalue weighted by atomic mass is 9.84. The highest BCUT2D eigenvalue weighted by molar-refractivity contribution is 6.22. The summed E-state index contributed by atoms with van der Waals surface area (Å²) >= 11 is 0. The molecule has 10 rings (SSSR count). The number of aromatic nitrogens is 4. The van der Waals surface area contributed by atoms with Gasteiger partial charge in [-0.3, -0.25) is 4.57 Å². The Bertz CT molecular complexity index is 3140. The third-order valence-corrected chi connectivity index (χ3v) is 11.0. The molecule has 10 aromatic rings. The summed E-state index contributed by atoms with van der Waals surface area (Å²) in [5, 5.41) is 10.4. The molecule has 4 aromatic heterocycles. The molecule has 8 bridgehead atoms. The Morgan fingerprint density at radius 1 is 0.462 bits per heavy atom. The van der Waals surface area contributed by atoms with E-state index in [0.717, 1.165) is 66.0 Å². The van der Waals surface area contributed by atoms with Crippen LogP contribution >= 0.6 is 0 Å². The van der Waals surface area contributed by atoms with E-state index in [-0.39, 0.29) is 10.8 Å². The molecule has 0 unspecified atom stereocenters. The zero-order chi connectivity index (χ0) is 35.5. The number of hydrogen-bond acceptors (Lipinski definition) is 2. The Labute approximate surface area is 302 Å². The van der Waals surface area contributed by atoms with Crippen LogP contribution in [0.3, 0.4) is 0 Å². The number of pyridine rings is 2. The Morgan fingerprint density at radius 3 is 1.79 bits per heavy atom. The van der Waals surface area contributed by atoms with Crippen molar-refractivity contribution in [3.63, 3.8) is 0 Å². The van der Waals surface area contributed by atoms with Gasteiger partial charge in [-0.1, -0.05) is 108 Å². The molecule has 0 aliphatic rings. The second kappa shape index (κ2) is 10.8. The largest absolute Gasteiger partial charge is 0.353 e. The second-order valence-corrected chi connectivity index (χ2v) is 16.5. The average molecular weight is 673 g/mol. The molecule has 4 heteroatoms. The number of aromatic amines is 1. The van der Waals surface area contributed by atoms with Crippen LogP contribution in [0.1, 0.15) is 52.7 Å². The zero-order valence-electron chi connectivity index (χ0n) is 30.5. The van der Waals surface area contributed by atoms with E-state index in [4.69, 9.17) is 9.97 Å². The number of benzene rings is 6. The van der Waals surface area contributed by atoms with Crippen molar-refractivity contribution in [1.82, 2.24) is 19.5 Å². The van der Waals surface area contributed by atoms with Crippen LogP contribution in [-0.4, -0.2) is 19.5 Å². The van der Waals surface area contributed by atoms with Crippen LogP contribution in [0.15, 0.2) is 127 Å². The van der Waals surface area contributed by atoms with Gasteiger partial charge in [0, 0.05) is 43.2 Å². The van der Waals surface area contributed by atoms with Crippen molar-refractivity contribution in [2.75, 3.05) is 0 Å². The molecule has 1 N–H and O–H groups in total. The summed E-state index contributed by atoms with van der Waals surface area (Å²) in [5.41, 5.74) is 10.4. The van der Waals surface area contributed by atoms with Crippen LogP contribution in [0.25, 0.3) is 92.9 Å². The predicted molar refractivity (Wildman–Crippen MR) is 222 cm³/mol. The van der Waals surface area contributed by atoms with E-state index >= 15 is 0 Å². The summed E-state index contributed by atoms with van der Waals surface area (Å²) in [6.07, 6.45) is 0. The van der Waals surface area contributed by atoms with Gasteiger partial charge >= 0.3 is 0 Å². The van der Waals surface area contributed by atoms with Crippen LogP contribution in [-0.2, 0) is 10.8 Å². The fourth-order valence-electron chi connectivity index (χ4n) is 8.04. The first-order valence-electron chi connectivity index (χ1n) is 18.2. The normalized spacial score (nSPS) is 12.8. The summed E-state index contributed by atoms with van der Waals surface area (Å²) in [7, 11) is 0. The van der Waals surface area contributed by atoms with Gasteiger partial charge in [-0.25, -0.2) is 9.97 Å². The van der Waals surface area contributed by atoms with Crippen LogP contribution in [0.5, 0.6) is 0 Å². The monoisotopic (exact) mass is 672 g/mol. The van der Waals surface area contributed by atoms with Crippen molar-refractivity contribution in [1.29, 1.82) is 0 Å². The number of fused-ring (bicyclic) bond motifs is 8. The molecule has 4 heterocycles. The molecular formula is C48H40N4. The van der Waals surface area contributed by atoms with E-state index in [0.29, 0.717) is 0 Å². The molecule has 4 nitrogen and oxygen atoms in total. The maximum Gasteiger partial charge on any atom is 0.138 e. The van der Waals surface area contributed by atoms with Crippen LogP contribution in [0, 0.1) is 0 Å². The minimum absolute atomic E-state index is 0.0555. The van der Waals surface area contributed by atoms with Crippen LogP contribution in [0.2, 0.25) is 0 Å². The Balaban J connectivity index is 1.52. The van der Waals surface area contributed by atoms with Gasteiger partial charge in [0.1, 0.15) is 5.65 Å². The predicted octanol–water partition coefficient (Wildman–Crippen LogP) is 13.0. The maximum absolute atomic E-state index is 5.50. The smallest absolute Gasteiger partial charge is 0.138 e. The molecule has 0 aliphatic carbocycles. The average Bonchev–Trinajstić information content (AvgIpc) is 3.52. The highest BCUT2D eigenvalue weighted by atomic mass is 15.0. The lowest BCUT2D eigenvalue weighted by molar-refractivity contribution is 0.591. The van der Waals surface area contributed by atoms with Gasteiger partial charge in [-0.2, -0.15) is 0 Å². The van der Waals surface area contributed by atoms with Crippen molar-refractivity contribution in [2.45, 2.75) is 52.4 Å². The number of rotatable bonds is 1. The summed E-state index contributed by atoms with van der Waals surface area (Å²) < 4.78 is 2.32. The number of H-pyrrole nitrogens is 1. The molecule has 0 saturated heterocycles. The molecule has 6 aromatic carbocycles. The standard InChI is InChI=1S/C48H40N4/c1-47(2,3)32-24-36-31-13-9-14-34(23-31)52(41-16-10-12-28-11-7-8-15-35(28)41)42-22-20-30-18-17-29-19-21-40(49-43(29)44(30)50-42)39-27-33(48(4,5)6)26-38-37(25-32)45(36)51-46(38)39/h7-27,51H,1-6H3. The Morgan fingerprint density at radius 2 is 1.04 bits per heavy atom. The fourth-order valence-corrected chi connectivity index (χ4v) is 8.04. The Hall–Kier alpha value is -6.00. The van der Waals surface area contributed by atoms with Gasteiger partial charge in [0.25, 0.3) is 0 Å². The van der Waals surface area contributed by atoms with Gasteiger partial charge in [0.15, 0.2) is 0 Å². The summed E-state index contributed by atoms with van der Waals surface area (Å²) in [6.45, 7) is 13.8. The lowest BCUT2D eigenvalue weighted by Crippen LogP contribution is -2.11. The second-order valence-electron chi connectivity index (χ2n) is 16.5. The molecule has 52 heavy (non-hydrogen) atoms. The van der Waals surface area contributed by atoms with Crippen LogP contribution < -0.4 is 0 Å². The van der Waals surface area contributed by atoms with Crippen molar-refractivity contribution >= 4 is 87.2 Å². The Kier molecular flexibility index (Phi) is 6.37. The topological polar surface area (TPSA) is 46.5 Å². The molecular weight excluding hydrogens is 633 g/mol. The molecule has 0 fully saturated rings. The minimum atomic E-state index is -0.0583. The summed E-state index contributed by atoms with van der Waals surface area (Å²) in [5.74, 6) is 0. The molecule has 0 atom stereocenters.